The number of likely N-dealkylation sites (tertiary alicyclic amines) is 2. The van der Waals surface area contributed by atoms with Crippen LogP contribution in [-0.4, -0.2) is 95.5 Å². The van der Waals surface area contributed by atoms with Gasteiger partial charge in [0.05, 0.1) is 24.5 Å². The number of rotatable bonds is 6. The molecule has 3 aliphatic rings. The van der Waals surface area contributed by atoms with Gasteiger partial charge in [-0.1, -0.05) is 0 Å². The molecule has 8 heteroatoms. The van der Waals surface area contributed by atoms with Crippen LogP contribution in [-0.2, 0) is 9.53 Å². The van der Waals surface area contributed by atoms with Gasteiger partial charge in [0, 0.05) is 57.8 Å². The van der Waals surface area contributed by atoms with Gasteiger partial charge in [-0.3, -0.25) is 14.5 Å². The van der Waals surface area contributed by atoms with Crippen LogP contribution in [0.4, 0.5) is 0 Å². The Morgan fingerprint density at radius 3 is 2.53 bits per heavy atom. The molecule has 3 fully saturated rings. The molecule has 1 aromatic rings. The first kappa shape index (κ1) is 23.1. The van der Waals surface area contributed by atoms with Crippen molar-refractivity contribution in [1.29, 1.82) is 0 Å². The molecule has 3 saturated heterocycles. The minimum Gasteiger partial charge on any atom is -0.379 e. The summed E-state index contributed by atoms with van der Waals surface area (Å²) in [6.45, 7) is 9.52. The Morgan fingerprint density at radius 2 is 1.78 bits per heavy atom. The van der Waals surface area contributed by atoms with Crippen molar-refractivity contribution in [2.75, 3.05) is 59.0 Å². The second kappa shape index (κ2) is 11.2. The van der Waals surface area contributed by atoms with E-state index in [0.717, 1.165) is 96.1 Å². The Labute approximate surface area is 191 Å². The average molecular weight is 444 g/mol. The zero-order chi connectivity index (χ0) is 22.3. The van der Waals surface area contributed by atoms with Crippen molar-refractivity contribution in [2.45, 2.75) is 57.8 Å². The van der Waals surface area contributed by atoms with Crippen molar-refractivity contribution in [2.24, 2.45) is 0 Å². The number of nitrogens with zero attached hydrogens (tertiary/aromatic N) is 5. The Kier molecular flexibility index (Phi) is 8.08. The summed E-state index contributed by atoms with van der Waals surface area (Å²) in [7, 11) is 0. The molecule has 0 N–H and O–H groups in total. The Bertz CT molecular complexity index is 790. The minimum atomic E-state index is 0.0504. The predicted molar refractivity (Wildman–Crippen MR) is 122 cm³/mol. The van der Waals surface area contributed by atoms with Gasteiger partial charge in [0.2, 0.25) is 5.91 Å². The lowest BCUT2D eigenvalue weighted by molar-refractivity contribution is -0.132. The van der Waals surface area contributed by atoms with E-state index in [1.807, 2.05) is 16.7 Å². The summed E-state index contributed by atoms with van der Waals surface area (Å²) in [5, 5.41) is 0. The number of aromatic nitrogens is 2. The maximum Gasteiger partial charge on any atom is 0.257 e. The molecule has 3 aliphatic heterocycles. The second-order valence-corrected chi connectivity index (χ2v) is 9.32. The highest BCUT2D eigenvalue weighted by atomic mass is 16.5. The van der Waals surface area contributed by atoms with Crippen LogP contribution in [0.1, 0.15) is 72.7 Å². The third-order valence-corrected chi connectivity index (χ3v) is 6.98. The second-order valence-electron chi connectivity index (χ2n) is 9.32. The standard InChI is InChI=1S/C24H37N5O3/c1-19-21(24(31)28-10-3-2-4-11-28)17-25-23(26-19)20-7-5-12-29(18-20)22(30)8-6-9-27-13-15-32-16-14-27/h17,20H,2-16,18H2,1H3/t20-/m0/s1. The SMILES string of the molecule is Cc1nc([C@H]2CCCN(C(=O)CCCN3CCOCC3)C2)ncc1C(=O)N1CCCCC1. The molecule has 0 unspecified atom stereocenters. The van der Waals surface area contributed by atoms with E-state index in [-0.39, 0.29) is 17.7 Å². The lowest BCUT2D eigenvalue weighted by Gasteiger charge is -2.33. The van der Waals surface area contributed by atoms with Crippen LogP contribution in [0.5, 0.6) is 0 Å². The molecular weight excluding hydrogens is 406 g/mol. The van der Waals surface area contributed by atoms with Crippen molar-refractivity contribution in [3.63, 3.8) is 0 Å². The number of carbonyl (C=O) groups is 2. The molecule has 0 aromatic carbocycles. The van der Waals surface area contributed by atoms with E-state index in [1.54, 1.807) is 6.20 Å². The quantitative estimate of drug-likeness (QED) is 0.671. The van der Waals surface area contributed by atoms with Crippen LogP contribution in [0, 0.1) is 6.92 Å². The molecule has 8 nitrogen and oxygen atoms in total. The summed E-state index contributed by atoms with van der Waals surface area (Å²) in [4.78, 5) is 41.2. The number of hydrogen-bond acceptors (Lipinski definition) is 6. The van der Waals surface area contributed by atoms with Crippen LogP contribution in [0.2, 0.25) is 0 Å². The average Bonchev–Trinajstić information content (AvgIpc) is 2.85. The van der Waals surface area contributed by atoms with E-state index in [2.05, 4.69) is 9.88 Å². The van der Waals surface area contributed by atoms with Crippen LogP contribution in [0.3, 0.4) is 0 Å². The van der Waals surface area contributed by atoms with Gasteiger partial charge in [-0.25, -0.2) is 9.97 Å². The number of aryl methyl sites for hydroxylation is 1. The normalized spacial score (nSPS) is 22.7. The van der Waals surface area contributed by atoms with Crippen LogP contribution >= 0.6 is 0 Å². The van der Waals surface area contributed by atoms with Gasteiger partial charge >= 0.3 is 0 Å². The molecule has 0 spiro atoms. The maximum atomic E-state index is 12.8. The number of piperidine rings is 2. The van der Waals surface area contributed by atoms with Crippen LogP contribution < -0.4 is 0 Å². The summed E-state index contributed by atoms with van der Waals surface area (Å²) < 4.78 is 5.39. The highest BCUT2D eigenvalue weighted by molar-refractivity contribution is 5.95. The fraction of sp³-hybridized carbons (Fsp3) is 0.750. The molecule has 4 rings (SSSR count). The van der Waals surface area contributed by atoms with Gasteiger partial charge < -0.3 is 14.5 Å². The topological polar surface area (TPSA) is 78.9 Å². The highest BCUT2D eigenvalue weighted by Crippen LogP contribution is 2.26. The van der Waals surface area contributed by atoms with Crippen LogP contribution in [0.25, 0.3) is 0 Å². The summed E-state index contributed by atoms with van der Waals surface area (Å²) in [6, 6.07) is 0. The summed E-state index contributed by atoms with van der Waals surface area (Å²) >= 11 is 0. The predicted octanol–water partition coefficient (Wildman–Crippen LogP) is 2.23. The molecule has 4 heterocycles. The zero-order valence-corrected chi connectivity index (χ0v) is 19.4. The smallest absolute Gasteiger partial charge is 0.257 e. The van der Waals surface area contributed by atoms with Crippen molar-refractivity contribution in [3.05, 3.63) is 23.3 Å². The Hall–Kier alpha value is -2.06. The summed E-state index contributed by atoms with van der Waals surface area (Å²) in [5.74, 6) is 1.19. The van der Waals surface area contributed by atoms with E-state index >= 15 is 0 Å². The molecule has 0 aliphatic carbocycles. The van der Waals surface area contributed by atoms with Crippen molar-refractivity contribution in [3.8, 4) is 0 Å². The monoisotopic (exact) mass is 443 g/mol. The Morgan fingerprint density at radius 1 is 1.03 bits per heavy atom. The number of carbonyl (C=O) groups excluding carboxylic acids is 2. The van der Waals surface area contributed by atoms with Crippen LogP contribution in [0.15, 0.2) is 6.20 Å². The molecule has 176 valence electrons. The van der Waals surface area contributed by atoms with Gasteiger partial charge in [-0.15, -0.1) is 0 Å². The number of ether oxygens (including phenoxy) is 1. The maximum absolute atomic E-state index is 12.8. The largest absolute Gasteiger partial charge is 0.379 e. The van der Waals surface area contributed by atoms with Gasteiger partial charge in [-0.2, -0.15) is 0 Å². The fourth-order valence-electron chi connectivity index (χ4n) is 5.01. The Balaban J connectivity index is 1.30. The van der Waals surface area contributed by atoms with Gasteiger partial charge in [0.25, 0.3) is 5.91 Å². The third-order valence-electron chi connectivity index (χ3n) is 6.98. The van der Waals surface area contributed by atoms with Gasteiger partial charge in [0.15, 0.2) is 0 Å². The molecule has 2 amide bonds. The number of amides is 2. The first-order chi connectivity index (χ1) is 15.6. The molecular formula is C24H37N5O3. The van der Waals surface area contributed by atoms with E-state index in [9.17, 15) is 9.59 Å². The van der Waals surface area contributed by atoms with Gasteiger partial charge in [-0.05, 0) is 52.0 Å². The van der Waals surface area contributed by atoms with Crippen molar-refractivity contribution >= 4 is 11.8 Å². The van der Waals surface area contributed by atoms with Crippen molar-refractivity contribution < 1.29 is 14.3 Å². The summed E-state index contributed by atoms with van der Waals surface area (Å²) in [6.07, 6.45) is 8.48. The molecule has 1 atom stereocenters. The van der Waals surface area contributed by atoms with E-state index in [1.165, 1.54) is 6.42 Å². The number of hydrogen-bond donors (Lipinski definition) is 0. The lowest BCUT2D eigenvalue weighted by Crippen LogP contribution is -2.40. The van der Waals surface area contributed by atoms with E-state index < -0.39 is 0 Å². The van der Waals surface area contributed by atoms with Gasteiger partial charge in [0.1, 0.15) is 5.82 Å². The molecule has 1 aromatic heterocycles. The fourth-order valence-corrected chi connectivity index (χ4v) is 5.01. The molecule has 0 radical (unpaired) electrons. The van der Waals surface area contributed by atoms with Crippen molar-refractivity contribution in [1.82, 2.24) is 24.7 Å². The molecule has 32 heavy (non-hydrogen) atoms. The molecule has 0 saturated carbocycles. The zero-order valence-electron chi connectivity index (χ0n) is 19.4. The minimum absolute atomic E-state index is 0.0504. The molecule has 0 bridgehead atoms. The van der Waals surface area contributed by atoms with E-state index in [0.29, 0.717) is 18.5 Å². The number of morpholine rings is 1. The first-order valence-corrected chi connectivity index (χ1v) is 12.3. The lowest BCUT2D eigenvalue weighted by atomic mass is 9.96. The highest BCUT2D eigenvalue weighted by Gasteiger charge is 2.28. The summed E-state index contributed by atoms with van der Waals surface area (Å²) in [5.41, 5.74) is 1.36. The van der Waals surface area contributed by atoms with E-state index in [4.69, 9.17) is 9.72 Å². The third kappa shape index (κ3) is 5.84. The first-order valence-electron chi connectivity index (χ1n) is 12.3.